The normalized spacial score (nSPS) is 11.2. The van der Waals surface area contributed by atoms with Gasteiger partial charge in [-0.3, -0.25) is 4.79 Å². The van der Waals surface area contributed by atoms with E-state index in [1.165, 1.54) is 6.07 Å². The Bertz CT molecular complexity index is 1020. The maximum Gasteiger partial charge on any atom is 0.416 e. The van der Waals surface area contributed by atoms with E-state index in [0.29, 0.717) is 11.3 Å². The van der Waals surface area contributed by atoms with Crippen molar-refractivity contribution in [3.63, 3.8) is 0 Å². The number of rotatable bonds is 4. The molecule has 3 rings (SSSR count). The van der Waals surface area contributed by atoms with Crippen LogP contribution in [0.15, 0.2) is 66.7 Å². The van der Waals surface area contributed by atoms with Crippen molar-refractivity contribution in [3.8, 4) is 11.5 Å². The molecule has 0 aliphatic heterocycles. The highest BCUT2D eigenvalue weighted by atomic mass is 35.5. The zero-order chi connectivity index (χ0) is 20.3. The summed E-state index contributed by atoms with van der Waals surface area (Å²) in [7, 11) is 0. The Labute approximate surface area is 164 Å². The van der Waals surface area contributed by atoms with Gasteiger partial charge in [-0.1, -0.05) is 35.9 Å². The predicted molar refractivity (Wildman–Crippen MR) is 102 cm³/mol. The maximum atomic E-state index is 12.7. The van der Waals surface area contributed by atoms with E-state index in [9.17, 15) is 18.0 Å². The largest absolute Gasteiger partial charge is 0.456 e. The molecular formula is C21H15ClF3NO2. The topological polar surface area (TPSA) is 38.3 Å². The van der Waals surface area contributed by atoms with Crippen LogP contribution in [0, 0.1) is 6.92 Å². The molecule has 1 N–H and O–H groups in total. The molecule has 3 aromatic carbocycles. The van der Waals surface area contributed by atoms with Gasteiger partial charge in [-0.05, 0) is 55.0 Å². The number of amides is 1. The van der Waals surface area contributed by atoms with E-state index in [0.717, 1.165) is 23.8 Å². The number of para-hydroxylation sites is 1. The summed E-state index contributed by atoms with van der Waals surface area (Å²) in [6, 6.07) is 16.5. The summed E-state index contributed by atoms with van der Waals surface area (Å²) in [6.07, 6.45) is -4.49. The summed E-state index contributed by atoms with van der Waals surface area (Å²) in [5.41, 5.74) is 1.07. The second-order valence-electron chi connectivity index (χ2n) is 6.04. The van der Waals surface area contributed by atoms with Crippen molar-refractivity contribution in [2.45, 2.75) is 13.1 Å². The first kappa shape index (κ1) is 19.8. The van der Waals surface area contributed by atoms with Gasteiger partial charge in [0.05, 0.1) is 10.6 Å². The maximum absolute atomic E-state index is 12.7. The molecule has 144 valence electrons. The fraction of sp³-hybridized carbons (Fsp3) is 0.0952. The number of anilines is 1. The van der Waals surface area contributed by atoms with Crippen LogP contribution in [0.1, 0.15) is 21.5 Å². The molecule has 0 atom stereocenters. The summed E-state index contributed by atoms with van der Waals surface area (Å²) in [4.78, 5) is 12.5. The number of hydrogen-bond donors (Lipinski definition) is 1. The second-order valence-corrected chi connectivity index (χ2v) is 6.45. The molecule has 0 radical (unpaired) electrons. The number of hydrogen-bond acceptors (Lipinski definition) is 2. The summed E-state index contributed by atoms with van der Waals surface area (Å²) >= 11 is 5.91. The van der Waals surface area contributed by atoms with Crippen LogP contribution >= 0.6 is 11.6 Å². The molecule has 0 heterocycles. The van der Waals surface area contributed by atoms with E-state index in [4.69, 9.17) is 16.3 Å². The average molecular weight is 406 g/mol. The standard InChI is InChI=1S/C21H15ClF3NO2/c1-13-5-2-3-8-18(13)26-20(27)14-6-4-7-16(11-14)28-19-10-9-15(12-17(19)22)21(23,24)25/h2-12H,1H3,(H,26,27). The Hall–Kier alpha value is -2.99. The molecule has 0 aromatic heterocycles. The van der Waals surface area contributed by atoms with Crippen LogP contribution in [0.2, 0.25) is 5.02 Å². The van der Waals surface area contributed by atoms with E-state index in [1.807, 2.05) is 25.1 Å². The monoisotopic (exact) mass is 405 g/mol. The van der Waals surface area contributed by atoms with Crippen molar-refractivity contribution in [1.82, 2.24) is 0 Å². The molecule has 1 amide bonds. The quantitative estimate of drug-likeness (QED) is 0.523. The molecule has 0 saturated heterocycles. The summed E-state index contributed by atoms with van der Waals surface area (Å²) in [5, 5.41) is 2.63. The molecule has 0 aliphatic carbocycles. The van der Waals surface area contributed by atoms with Gasteiger partial charge in [0, 0.05) is 11.3 Å². The Balaban J connectivity index is 1.78. The van der Waals surface area contributed by atoms with Crippen LogP contribution in [0.3, 0.4) is 0 Å². The molecular weight excluding hydrogens is 391 g/mol. The van der Waals surface area contributed by atoms with E-state index < -0.39 is 11.7 Å². The number of carbonyl (C=O) groups is 1. The van der Waals surface area contributed by atoms with Crippen molar-refractivity contribution in [3.05, 3.63) is 88.4 Å². The number of carbonyl (C=O) groups excluding carboxylic acids is 1. The molecule has 0 aliphatic rings. The lowest BCUT2D eigenvalue weighted by molar-refractivity contribution is -0.137. The smallest absolute Gasteiger partial charge is 0.416 e. The lowest BCUT2D eigenvalue weighted by Crippen LogP contribution is -2.12. The van der Waals surface area contributed by atoms with Crippen molar-refractivity contribution in [1.29, 1.82) is 0 Å². The van der Waals surface area contributed by atoms with E-state index in [-0.39, 0.29) is 22.4 Å². The van der Waals surface area contributed by atoms with Crippen molar-refractivity contribution >= 4 is 23.2 Å². The lowest BCUT2D eigenvalue weighted by Gasteiger charge is -2.12. The van der Waals surface area contributed by atoms with Gasteiger partial charge >= 0.3 is 6.18 Å². The number of benzene rings is 3. The van der Waals surface area contributed by atoms with Gasteiger partial charge in [0.15, 0.2) is 0 Å². The Morgan fingerprint density at radius 1 is 1.00 bits per heavy atom. The zero-order valence-electron chi connectivity index (χ0n) is 14.7. The summed E-state index contributed by atoms with van der Waals surface area (Å²) in [6.45, 7) is 1.88. The number of nitrogens with one attached hydrogen (secondary N) is 1. The zero-order valence-corrected chi connectivity index (χ0v) is 15.4. The van der Waals surface area contributed by atoms with Crippen LogP contribution in [-0.2, 0) is 6.18 Å². The van der Waals surface area contributed by atoms with E-state index in [1.54, 1.807) is 24.3 Å². The van der Waals surface area contributed by atoms with Gasteiger partial charge in [-0.25, -0.2) is 0 Å². The van der Waals surface area contributed by atoms with Gasteiger partial charge in [0.1, 0.15) is 11.5 Å². The molecule has 7 heteroatoms. The highest BCUT2D eigenvalue weighted by molar-refractivity contribution is 6.32. The highest BCUT2D eigenvalue weighted by Gasteiger charge is 2.31. The number of ether oxygens (including phenoxy) is 1. The van der Waals surface area contributed by atoms with Crippen molar-refractivity contribution in [2.75, 3.05) is 5.32 Å². The number of aryl methyl sites for hydroxylation is 1. The van der Waals surface area contributed by atoms with Gasteiger partial charge in [0.25, 0.3) is 5.91 Å². The van der Waals surface area contributed by atoms with Gasteiger partial charge < -0.3 is 10.1 Å². The molecule has 28 heavy (non-hydrogen) atoms. The minimum Gasteiger partial charge on any atom is -0.456 e. The van der Waals surface area contributed by atoms with Crippen LogP contribution < -0.4 is 10.1 Å². The highest BCUT2D eigenvalue weighted by Crippen LogP contribution is 2.36. The molecule has 0 spiro atoms. The molecule has 0 unspecified atom stereocenters. The predicted octanol–water partition coefficient (Wildman–Crippen LogP) is 6.71. The average Bonchev–Trinajstić information content (AvgIpc) is 2.64. The number of halogens is 4. The van der Waals surface area contributed by atoms with Crippen LogP contribution in [0.25, 0.3) is 0 Å². The SMILES string of the molecule is Cc1ccccc1NC(=O)c1cccc(Oc2ccc(C(F)(F)F)cc2Cl)c1. The van der Waals surface area contributed by atoms with Crippen molar-refractivity contribution < 1.29 is 22.7 Å². The fourth-order valence-electron chi connectivity index (χ4n) is 2.50. The second kappa shape index (κ2) is 7.94. The Morgan fingerprint density at radius 3 is 2.43 bits per heavy atom. The minimum atomic E-state index is -4.49. The van der Waals surface area contributed by atoms with Crippen LogP contribution in [0.4, 0.5) is 18.9 Å². The van der Waals surface area contributed by atoms with E-state index >= 15 is 0 Å². The third-order valence-corrected chi connectivity index (χ3v) is 4.27. The molecule has 0 saturated carbocycles. The molecule has 3 nitrogen and oxygen atoms in total. The number of alkyl halides is 3. The van der Waals surface area contributed by atoms with Gasteiger partial charge in [-0.2, -0.15) is 13.2 Å². The van der Waals surface area contributed by atoms with Crippen molar-refractivity contribution in [2.24, 2.45) is 0 Å². The van der Waals surface area contributed by atoms with Crippen LogP contribution in [-0.4, -0.2) is 5.91 Å². The van der Waals surface area contributed by atoms with Crippen LogP contribution in [0.5, 0.6) is 11.5 Å². The first-order valence-corrected chi connectivity index (χ1v) is 8.63. The summed E-state index contributed by atoms with van der Waals surface area (Å²) in [5.74, 6) is 0.00323. The molecule has 3 aromatic rings. The van der Waals surface area contributed by atoms with E-state index in [2.05, 4.69) is 5.32 Å². The summed E-state index contributed by atoms with van der Waals surface area (Å²) < 4.78 is 43.8. The minimum absolute atomic E-state index is 0.0612. The van der Waals surface area contributed by atoms with Gasteiger partial charge in [-0.15, -0.1) is 0 Å². The Morgan fingerprint density at radius 2 is 1.75 bits per heavy atom. The molecule has 0 bridgehead atoms. The van der Waals surface area contributed by atoms with Gasteiger partial charge in [0.2, 0.25) is 0 Å². The fourth-order valence-corrected chi connectivity index (χ4v) is 2.71. The first-order valence-electron chi connectivity index (χ1n) is 8.26. The third-order valence-electron chi connectivity index (χ3n) is 3.98. The Kier molecular flexibility index (Phi) is 5.61. The lowest BCUT2D eigenvalue weighted by atomic mass is 10.1. The third kappa shape index (κ3) is 4.64. The molecule has 0 fully saturated rings. The first-order chi connectivity index (χ1) is 13.2.